The molecule has 0 aromatic heterocycles. The number of ether oxygens (including phenoxy) is 1. The van der Waals surface area contributed by atoms with Crippen molar-refractivity contribution in [3.05, 3.63) is 29.8 Å². The van der Waals surface area contributed by atoms with Gasteiger partial charge in [-0.25, -0.2) is 8.42 Å². The average molecular weight is 256 g/mol. The summed E-state index contributed by atoms with van der Waals surface area (Å²) in [6.07, 6.45) is 0. The van der Waals surface area contributed by atoms with E-state index in [9.17, 15) is 8.42 Å². The van der Waals surface area contributed by atoms with Crippen LogP contribution in [0.2, 0.25) is 0 Å². The van der Waals surface area contributed by atoms with Crippen LogP contribution in [0.1, 0.15) is 26.3 Å². The molecule has 1 aromatic carbocycles. The molecule has 0 saturated heterocycles. The minimum absolute atomic E-state index is 0.0212. The molecule has 0 saturated carbocycles. The Bertz CT molecular complexity index is 452. The monoisotopic (exact) mass is 256 g/mol. The fourth-order valence-corrected chi connectivity index (χ4v) is 2.41. The van der Waals surface area contributed by atoms with Crippen LogP contribution in [0.4, 0.5) is 0 Å². The van der Waals surface area contributed by atoms with Crippen molar-refractivity contribution in [2.45, 2.75) is 38.2 Å². The van der Waals surface area contributed by atoms with E-state index in [4.69, 9.17) is 4.74 Å². The Morgan fingerprint density at radius 1 is 1.12 bits per heavy atom. The van der Waals surface area contributed by atoms with Crippen molar-refractivity contribution in [2.75, 3.05) is 12.4 Å². The third-order valence-corrected chi connectivity index (χ3v) is 3.96. The van der Waals surface area contributed by atoms with Gasteiger partial charge in [0.1, 0.15) is 0 Å². The minimum Gasteiger partial charge on any atom is -0.375 e. The van der Waals surface area contributed by atoms with Gasteiger partial charge >= 0.3 is 0 Å². The molecule has 0 fully saturated rings. The van der Waals surface area contributed by atoms with Crippen LogP contribution in [0.5, 0.6) is 0 Å². The first-order valence-corrected chi connectivity index (χ1v) is 7.29. The summed E-state index contributed by atoms with van der Waals surface area (Å²) in [5, 5.41) is 0. The molecule has 0 heterocycles. The van der Waals surface area contributed by atoms with Crippen molar-refractivity contribution in [1.82, 2.24) is 0 Å². The Morgan fingerprint density at radius 3 is 2.12 bits per heavy atom. The van der Waals surface area contributed by atoms with Crippen molar-refractivity contribution >= 4 is 9.84 Å². The predicted molar refractivity (Wildman–Crippen MR) is 68.9 cm³/mol. The lowest BCUT2D eigenvalue weighted by atomic mass is 10.2. The van der Waals surface area contributed by atoms with Gasteiger partial charge in [-0.15, -0.1) is 0 Å². The van der Waals surface area contributed by atoms with Gasteiger partial charge in [-0.1, -0.05) is 17.7 Å². The Morgan fingerprint density at radius 2 is 1.65 bits per heavy atom. The van der Waals surface area contributed by atoms with E-state index >= 15 is 0 Å². The van der Waals surface area contributed by atoms with Gasteiger partial charge in [0, 0.05) is 0 Å². The molecule has 4 heteroatoms. The van der Waals surface area contributed by atoms with Crippen LogP contribution < -0.4 is 0 Å². The van der Waals surface area contributed by atoms with E-state index in [0.717, 1.165) is 5.56 Å². The molecule has 3 nitrogen and oxygen atoms in total. The molecule has 0 aliphatic rings. The maximum atomic E-state index is 11.9. The maximum absolute atomic E-state index is 11.9. The van der Waals surface area contributed by atoms with Gasteiger partial charge in [-0.2, -0.15) is 0 Å². The molecule has 96 valence electrons. The molecule has 0 atom stereocenters. The zero-order valence-corrected chi connectivity index (χ0v) is 11.7. The molecule has 0 N–H and O–H groups in total. The lowest BCUT2D eigenvalue weighted by Gasteiger charge is -2.19. The van der Waals surface area contributed by atoms with Crippen LogP contribution in [-0.4, -0.2) is 26.4 Å². The summed E-state index contributed by atoms with van der Waals surface area (Å²) < 4.78 is 29.3. The highest BCUT2D eigenvalue weighted by Gasteiger charge is 2.16. The van der Waals surface area contributed by atoms with Gasteiger partial charge < -0.3 is 4.74 Å². The number of rotatable bonds is 4. The van der Waals surface area contributed by atoms with E-state index < -0.39 is 9.84 Å². The molecule has 1 rings (SSSR count). The molecule has 0 bridgehead atoms. The summed E-state index contributed by atoms with van der Waals surface area (Å²) in [6.45, 7) is 7.88. The number of sulfone groups is 1. The van der Waals surface area contributed by atoms with Gasteiger partial charge in [0.25, 0.3) is 0 Å². The van der Waals surface area contributed by atoms with Crippen LogP contribution in [-0.2, 0) is 14.6 Å². The van der Waals surface area contributed by atoms with Crippen molar-refractivity contribution in [2.24, 2.45) is 0 Å². The van der Waals surface area contributed by atoms with Crippen LogP contribution >= 0.6 is 0 Å². The second kappa shape index (κ2) is 5.19. The zero-order chi connectivity index (χ0) is 13.1. The maximum Gasteiger partial charge on any atom is 0.180 e. The molecule has 1 aromatic rings. The number of hydrogen-bond acceptors (Lipinski definition) is 3. The lowest BCUT2D eigenvalue weighted by Crippen LogP contribution is -2.23. The van der Waals surface area contributed by atoms with E-state index in [0.29, 0.717) is 4.90 Å². The molecule has 0 amide bonds. The van der Waals surface area contributed by atoms with E-state index in [2.05, 4.69) is 0 Å². The first kappa shape index (κ1) is 14.2. The highest BCUT2D eigenvalue weighted by atomic mass is 32.2. The number of hydrogen-bond donors (Lipinski definition) is 0. The first-order chi connectivity index (χ1) is 7.71. The second-order valence-electron chi connectivity index (χ2n) is 5.09. The summed E-state index contributed by atoms with van der Waals surface area (Å²) in [7, 11) is -3.22. The topological polar surface area (TPSA) is 43.4 Å². The van der Waals surface area contributed by atoms with Gasteiger partial charge in [0.05, 0.1) is 22.9 Å². The summed E-state index contributed by atoms with van der Waals surface area (Å²) in [4.78, 5) is 0.362. The lowest BCUT2D eigenvalue weighted by molar-refractivity contribution is 0.00644. The van der Waals surface area contributed by atoms with Crippen molar-refractivity contribution in [3.63, 3.8) is 0 Å². The second-order valence-corrected chi connectivity index (χ2v) is 7.20. The average Bonchev–Trinajstić information content (AvgIpc) is 2.15. The van der Waals surface area contributed by atoms with Gasteiger partial charge in [-0.3, -0.25) is 0 Å². The SMILES string of the molecule is Cc1ccc(S(=O)(=O)CCOC(C)(C)C)cc1. The van der Waals surface area contributed by atoms with E-state index in [1.807, 2.05) is 27.7 Å². The molecule has 17 heavy (non-hydrogen) atoms. The van der Waals surface area contributed by atoms with E-state index in [-0.39, 0.29) is 18.0 Å². The first-order valence-electron chi connectivity index (χ1n) is 5.64. The van der Waals surface area contributed by atoms with Gasteiger partial charge in [0.15, 0.2) is 9.84 Å². The van der Waals surface area contributed by atoms with Gasteiger partial charge in [-0.05, 0) is 39.8 Å². The minimum atomic E-state index is -3.22. The van der Waals surface area contributed by atoms with Crippen molar-refractivity contribution in [3.8, 4) is 0 Å². The van der Waals surface area contributed by atoms with Crippen molar-refractivity contribution < 1.29 is 13.2 Å². The highest BCUT2D eigenvalue weighted by Crippen LogP contribution is 2.13. The molecular weight excluding hydrogens is 236 g/mol. The number of benzene rings is 1. The quantitative estimate of drug-likeness (QED) is 0.831. The smallest absolute Gasteiger partial charge is 0.180 e. The van der Waals surface area contributed by atoms with Crippen LogP contribution in [0, 0.1) is 6.92 Å². The molecule has 0 spiro atoms. The largest absolute Gasteiger partial charge is 0.375 e. The summed E-state index contributed by atoms with van der Waals surface area (Å²) >= 11 is 0. The third-order valence-electron chi connectivity index (χ3n) is 2.27. The standard InChI is InChI=1S/C13H20O3S/c1-11-5-7-12(8-6-11)17(14,15)10-9-16-13(2,3)4/h5-8H,9-10H2,1-4H3. The zero-order valence-electron chi connectivity index (χ0n) is 10.9. The Kier molecular flexibility index (Phi) is 4.33. The Hall–Kier alpha value is -0.870. The predicted octanol–water partition coefficient (Wildman–Crippen LogP) is 2.58. The van der Waals surface area contributed by atoms with Crippen LogP contribution in [0.3, 0.4) is 0 Å². The molecule has 0 unspecified atom stereocenters. The molecule has 0 aliphatic heterocycles. The van der Waals surface area contributed by atoms with E-state index in [1.165, 1.54) is 0 Å². The van der Waals surface area contributed by atoms with Crippen LogP contribution in [0.25, 0.3) is 0 Å². The van der Waals surface area contributed by atoms with Gasteiger partial charge in [0.2, 0.25) is 0 Å². The normalized spacial score (nSPS) is 12.7. The fraction of sp³-hybridized carbons (Fsp3) is 0.538. The Balaban J connectivity index is 2.66. The van der Waals surface area contributed by atoms with Crippen molar-refractivity contribution in [1.29, 1.82) is 0 Å². The fourth-order valence-electron chi connectivity index (χ4n) is 1.32. The van der Waals surface area contributed by atoms with E-state index in [1.54, 1.807) is 24.3 Å². The Labute approximate surface area is 104 Å². The summed E-state index contributed by atoms with van der Waals surface area (Å²) in [6, 6.07) is 6.89. The summed E-state index contributed by atoms with van der Waals surface area (Å²) in [5.74, 6) is 0.0212. The molecular formula is C13H20O3S. The molecule has 0 aliphatic carbocycles. The highest BCUT2D eigenvalue weighted by molar-refractivity contribution is 7.91. The third kappa shape index (κ3) is 4.88. The molecule has 0 radical (unpaired) electrons. The number of aryl methyl sites for hydroxylation is 1. The summed E-state index contributed by atoms with van der Waals surface area (Å²) in [5.41, 5.74) is 0.748. The van der Waals surface area contributed by atoms with Crippen LogP contribution in [0.15, 0.2) is 29.2 Å².